The summed E-state index contributed by atoms with van der Waals surface area (Å²) in [6.45, 7) is 8.00. The van der Waals surface area contributed by atoms with Gasteiger partial charge in [-0.15, -0.1) is 0 Å². The number of hydrogen-bond donors (Lipinski definition) is 1. The van der Waals surface area contributed by atoms with Crippen LogP contribution < -0.4 is 0 Å². The van der Waals surface area contributed by atoms with E-state index in [4.69, 9.17) is 0 Å². The van der Waals surface area contributed by atoms with Crippen molar-refractivity contribution in [3.63, 3.8) is 0 Å². The number of aliphatic hydroxyl groups is 1. The van der Waals surface area contributed by atoms with E-state index in [1.54, 1.807) is 0 Å². The van der Waals surface area contributed by atoms with E-state index in [2.05, 4.69) is 16.7 Å². The smallest absolute Gasteiger partial charge is 0.0707 e. The molecule has 2 bridgehead atoms. The van der Waals surface area contributed by atoms with Gasteiger partial charge in [0.05, 0.1) is 6.10 Å². The summed E-state index contributed by atoms with van der Waals surface area (Å²) in [5.41, 5.74) is 0. The quantitative estimate of drug-likeness (QED) is 0.714. The molecule has 0 spiro atoms. The van der Waals surface area contributed by atoms with Gasteiger partial charge in [0.1, 0.15) is 0 Å². The highest BCUT2D eigenvalue weighted by Gasteiger charge is 2.35. The van der Waals surface area contributed by atoms with Gasteiger partial charge in [-0.3, -0.25) is 9.80 Å². The minimum Gasteiger partial charge on any atom is -0.391 e. The second kappa shape index (κ2) is 4.60. The first-order chi connectivity index (χ1) is 6.81. The Morgan fingerprint density at radius 1 is 1.29 bits per heavy atom. The zero-order chi connectivity index (χ0) is 9.97. The van der Waals surface area contributed by atoms with Crippen LogP contribution in [-0.4, -0.2) is 59.8 Å². The molecule has 14 heavy (non-hydrogen) atoms. The summed E-state index contributed by atoms with van der Waals surface area (Å²) in [7, 11) is 0. The lowest BCUT2D eigenvalue weighted by Gasteiger charge is -2.49. The molecule has 0 amide bonds. The van der Waals surface area contributed by atoms with Gasteiger partial charge in [-0.2, -0.15) is 0 Å². The van der Waals surface area contributed by atoms with E-state index >= 15 is 0 Å². The van der Waals surface area contributed by atoms with Crippen LogP contribution in [0.25, 0.3) is 0 Å². The lowest BCUT2D eigenvalue weighted by Crippen LogP contribution is -2.64. The Bertz CT molecular complexity index is 178. The summed E-state index contributed by atoms with van der Waals surface area (Å²) >= 11 is 0. The third kappa shape index (κ3) is 2.10. The molecular formula is C11H22N2O. The topological polar surface area (TPSA) is 26.7 Å². The second-order valence-corrected chi connectivity index (χ2v) is 4.61. The highest BCUT2D eigenvalue weighted by Crippen LogP contribution is 2.20. The van der Waals surface area contributed by atoms with Crippen LogP contribution in [0.1, 0.15) is 26.2 Å². The first-order valence-corrected chi connectivity index (χ1v) is 5.95. The fourth-order valence-corrected chi connectivity index (χ4v) is 2.63. The van der Waals surface area contributed by atoms with Gasteiger partial charge in [-0.25, -0.2) is 0 Å². The summed E-state index contributed by atoms with van der Waals surface area (Å²) in [5.74, 6) is 0. The maximum atomic E-state index is 10.1. The van der Waals surface area contributed by atoms with Crippen LogP contribution in [0.2, 0.25) is 0 Å². The maximum absolute atomic E-state index is 10.1. The number of nitrogens with zero attached hydrogens (tertiary/aromatic N) is 2. The fraction of sp³-hybridized carbons (Fsp3) is 1.00. The lowest BCUT2D eigenvalue weighted by atomic mass is 9.98. The van der Waals surface area contributed by atoms with Crippen molar-refractivity contribution in [3.8, 4) is 0 Å². The largest absolute Gasteiger partial charge is 0.391 e. The monoisotopic (exact) mass is 198 g/mol. The van der Waals surface area contributed by atoms with E-state index in [0.717, 1.165) is 32.5 Å². The molecule has 3 heteroatoms. The number of hydrogen-bond acceptors (Lipinski definition) is 3. The Hall–Kier alpha value is -0.120. The van der Waals surface area contributed by atoms with Crippen LogP contribution in [0.3, 0.4) is 0 Å². The molecule has 2 unspecified atom stereocenters. The van der Waals surface area contributed by atoms with Crippen molar-refractivity contribution in [3.05, 3.63) is 0 Å². The molecule has 82 valence electrons. The first kappa shape index (κ1) is 10.4. The van der Waals surface area contributed by atoms with Gasteiger partial charge in [0.15, 0.2) is 0 Å². The van der Waals surface area contributed by atoms with Gasteiger partial charge in [0, 0.05) is 38.8 Å². The zero-order valence-electron chi connectivity index (χ0n) is 9.15. The van der Waals surface area contributed by atoms with Crippen molar-refractivity contribution in [2.24, 2.45) is 0 Å². The van der Waals surface area contributed by atoms with Gasteiger partial charge in [0.25, 0.3) is 0 Å². The molecule has 0 aliphatic carbocycles. The summed E-state index contributed by atoms with van der Waals surface area (Å²) < 4.78 is 0. The molecule has 0 saturated carbocycles. The SMILES string of the molecule is CCCCC(O)C1CN2CCN1CC2. The Balaban J connectivity index is 1.85. The van der Waals surface area contributed by atoms with Crippen LogP contribution in [0, 0.1) is 0 Å². The Kier molecular flexibility index (Phi) is 3.42. The fourth-order valence-electron chi connectivity index (χ4n) is 2.63. The number of aliphatic hydroxyl groups excluding tert-OH is 1. The molecule has 3 nitrogen and oxygen atoms in total. The number of fused-ring (bicyclic) bond motifs is 3. The van der Waals surface area contributed by atoms with Gasteiger partial charge < -0.3 is 5.11 Å². The van der Waals surface area contributed by atoms with Crippen molar-refractivity contribution in [2.45, 2.75) is 38.3 Å². The third-order valence-corrected chi connectivity index (χ3v) is 3.62. The number of rotatable bonds is 4. The molecule has 3 rings (SSSR count). The van der Waals surface area contributed by atoms with Crippen molar-refractivity contribution in [1.82, 2.24) is 9.80 Å². The summed E-state index contributed by atoms with van der Waals surface area (Å²) in [4.78, 5) is 4.96. The Morgan fingerprint density at radius 3 is 2.50 bits per heavy atom. The van der Waals surface area contributed by atoms with Gasteiger partial charge in [-0.05, 0) is 6.42 Å². The van der Waals surface area contributed by atoms with Crippen LogP contribution in [0.4, 0.5) is 0 Å². The zero-order valence-corrected chi connectivity index (χ0v) is 9.15. The number of piperazine rings is 3. The van der Waals surface area contributed by atoms with Crippen molar-refractivity contribution in [2.75, 3.05) is 32.7 Å². The van der Waals surface area contributed by atoms with E-state index in [1.165, 1.54) is 19.5 Å². The van der Waals surface area contributed by atoms with Gasteiger partial charge >= 0.3 is 0 Å². The van der Waals surface area contributed by atoms with Gasteiger partial charge in [0.2, 0.25) is 0 Å². The van der Waals surface area contributed by atoms with E-state index in [0.29, 0.717) is 6.04 Å². The first-order valence-electron chi connectivity index (χ1n) is 5.95. The molecule has 1 N–H and O–H groups in total. The second-order valence-electron chi connectivity index (χ2n) is 4.61. The number of unbranched alkanes of at least 4 members (excludes halogenated alkanes) is 1. The van der Waals surface area contributed by atoms with Crippen molar-refractivity contribution >= 4 is 0 Å². The molecule has 3 saturated heterocycles. The molecule has 2 atom stereocenters. The molecule has 0 aromatic carbocycles. The highest BCUT2D eigenvalue weighted by molar-refractivity contribution is 4.91. The van der Waals surface area contributed by atoms with Crippen LogP contribution in [-0.2, 0) is 0 Å². The normalized spacial score (nSPS) is 38.6. The summed E-state index contributed by atoms with van der Waals surface area (Å²) in [6.07, 6.45) is 3.22. The maximum Gasteiger partial charge on any atom is 0.0707 e. The molecule has 3 fully saturated rings. The third-order valence-electron chi connectivity index (χ3n) is 3.62. The van der Waals surface area contributed by atoms with E-state index in [9.17, 15) is 5.11 Å². The summed E-state index contributed by atoms with van der Waals surface area (Å²) in [6, 6.07) is 0.420. The molecule has 0 aromatic heterocycles. The van der Waals surface area contributed by atoms with Crippen LogP contribution in [0.5, 0.6) is 0 Å². The highest BCUT2D eigenvalue weighted by atomic mass is 16.3. The predicted octanol–water partition coefficient (Wildman–Crippen LogP) is 0.537. The average molecular weight is 198 g/mol. The molecular weight excluding hydrogens is 176 g/mol. The summed E-state index contributed by atoms with van der Waals surface area (Å²) in [5, 5.41) is 10.1. The predicted molar refractivity (Wildman–Crippen MR) is 57.3 cm³/mol. The van der Waals surface area contributed by atoms with Crippen molar-refractivity contribution < 1.29 is 5.11 Å². The minimum atomic E-state index is -0.0990. The lowest BCUT2D eigenvalue weighted by molar-refractivity contribution is -0.0485. The van der Waals surface area contributed by atoms with Crippen molar-refractivity contribution in [1.29, 1.82) is 0 Å². The minimum absolute atomic E-state index is 0.0990. The van der Waals surface area contributed by atoms with E-state index < -0.39 is 0 Å². The van der Waals surface area contributed by atoms with Gasteiger partial charge in [-0.1, -0.05) is 19.8 Å². The molecule has 3 aliphatic heterocycles. The standard InChI is InChI=1S/C11H22N2O/c1-2-3-4-11(14)10-9-12-5-7-13(10)8-6-12/h10-11,14H,2-9H2,1H3. The molecule has 3 heterocycles. The Labute approximate surface area is 86.7 Å². The van der Waals surface area contributed by atoms with Crippen LogP contribution in [0.15, 0.2) is 0 Å². The van der Waals surface area contributed by atoms with E-state index in [-0.39, 0.29) is 6.10 Å². The molecule has 3 aliphatic rings. The molecule has 0 radical (unpaired) electrons. The van der Waals surface area contributed by atoms with Crippen LogP contribution >= 0.6 is 0 Å². The van der Waals surface area contributed by atoms with E-state index in [1.807, 2.05) is 0 Å². The Morgan fingerprint density at radius 2 is 2.00 bits per heavy atom. The molecule has 0 aromatic rings. The average Bonchev–Trinajstić information content (AvgIpc) is 2.27.